The van der Waals surface area contributed by atoms with E-state index in [1.165, 1.54) is 161 Å². The Morgan fingerprint density at radius 1 is 0.371 bits per heavy atom. The Balaban J connectivity index is 3.19. The van der Waals surface area contributed by atoms with Crippen LogP contribution in [0.1, 0.15) is 200 Å². The van der Waals surface area contributed by atoms with E-state index in [1.54, 1.807) is 0 Å². The molecule has 0 saturated heterocycles. The second kappa shape index (κ2) is 31.4. The fourth-order valence-electron chi connectivity index (χ4n) is 5.03. The van der Waals surface area contributed by atoms with Gasteiger partial charge >= 0.3 is 0 Å². The zero-order chi connectivity index (χ0) is 25.5. The molecule has 0 unspecified atom stereocenters. The Kier molecular flexibility index (Phi) is 30.9. The molecule has 0 saturated carbocycles. The summed E-state index contributed by atoms with van der Waals surface area (Å²) >= 11 is 0. The molecule has 0 amide bonds. The van der Waals surface area contributed by atoms with Gasteiger partial charge in [0.05, 0.1) is 0 Å². The zero-order valence-corrected chi connectivity index (χ0v) is 24.6. The average Bonchev–Trinajstić information content (AvgIpc) is 2.86. The molecule has 0 spiro atoms. The first-order valence-corrected chi connectivity index (χ1v) is 16.5. The van der Waals surface area contributed by atoms with Crippen molar-refractivity contribution < 1.29 is 4.79 Å². The topological polar surface area (TPSA) is 17.1 Å². The highest BCUT2D eigenvalue weighted by Gasteiger charge is 2.02. The third-order valence-electron chi connectivity index (χ3n) is 7.53. The van der Waals surface area contributed by atoms with E-state index in [4.69, 9.17) is 0 Å². The number of allylic oxidation sites excluding steroid dienone is 2. The molecule has 0 aromatic heterocycles. The lowest BCUT2D eigenvalue weighted by atomic mass is 10.0. The molecule has 0 fully saturated rings. The minimum atomic E-state index is 0.517. The van der Waals surface area contributed by atoms with Crippen molar-refractivity contribution in [3.05, 3.63) is 12.2 Å². The highest BCUT2D eigenvalue weighted by atomic mass is 16.1. The smallest absolute Gasteiger partial charge is 0.132 e. The molecule has 0 N–H and O–H groups in total. The highest BCUT2D eigenvalue weighted by molar-refractivity contribution is 5.78. The maximum Gasteiger partial charge on any atom is 0.132 e. The molecule has 0 rings (SSSR count). The summed E-state index contributed by atoms with van der Waals surface area (Å²) in [5.74, 6) is 0.517. The SMILES string of the molecule is CCCCCCCCC=CCCCCCCCCC(=O)CCCCCCCCCCCCCCC. The van der Waals surface area contributed by atoms with Gasteiger partial charge in [0.15, 0.2) is 0 Å². The summed E-state index contributed by atoms with van der Waals surface area (Å²) in [5.41, 5.74) is 0. The van der Waals surface area contributed by atoms with E-state index in [0.717, 1.165) is 25.7 Å². The van der Waals surface area contributed by atoms with Crippen molar-refractivity contribution in [3.63, 3.8) is 0 Å². The summed E-state index contributed by atoms with van der Waals surface area (Å²) in [5, 5.41) is 0. The summed E-state index contributed by atoms with van der Waals surface area (Å²) < 4.78 is 0. The lowest BCUT2D eigenvalue weighted by Crippen LogP contribution is -1.97. The number of ketones is 1. The third-order valence-corrected chi connectivity index (χ3v) is 7.53. The molecule has 35 heavy (non-hydrogen) atoms. The van der Waals surface area contributed by atoms with E-state index in [0.29, 0.717) is 5.78 Å². The van der Waals surface area contributed by atoms with E-state index in [1.807, 2.05) is 0 Å². The van der Waals surface area contributed by atoms with Crippen LogP contribution >= 0.6 is 0 Å². The van der Waals surface area contributed by atoms with E-state index in [9.17, 15) is 4.79 Å². The average molecular weight is 491 g/mol. The van der Waals surface area contributed by atoms with Crippen molar-refractivity contribution in [1.29, 1.82) is 0 Å². The Morgan fingerprint density at radius 3 is 0.943 bits per heavy atom. The minimum absolute atomic E-state index is 0.517. The van der Waals surface area contributed by atoms with Gasteiger partial charge in [-0.05, 0) is 38.5 Å². The highest BCUT2D eigenvalue weighted by Crippen LogP contribution is 2.14. The maximum atomic E-state index is 12.1. The van der Waals surface area contributed by atoms with Crippen molar-refractivity contribution >= 4 is 5.78 Å². The number of Topliss-reactive ketones (excluding diaryl/α,β-unsaturated/α-hetero) is 1. The molecule has 0 aromatic carbocycles. The van der Waals surface area contributed by atoms with Gasteiger partial charge < -0.3 is 0 Å². The normalized spacial score (nSPS) is 11.6. The summed E-state index contributed by atoms with van der Waals surface area (Å²) in [7, 11) is 0. The Labute approximate surface area is 222 Å². The van der Waals surface area contributed by atoms with Gasteiger partial charge in [-0.3, -0.25) is 4.79 Å². The fraction of sp³-hybridized carbons (Fsp3) is 0.912. The first-order valence-electron chi connectivity index (χ1n) is 16.5. The lowest BCUT2D eigenvalue weighted by molar-refractivity contribution is -0.119. The fourth-order valence-corrected chi connectivity index (χ4v) is 5.03. The van der Waals surface area contributed by atoms with Crippen molar-refractivity contribution in [3.8, 4) is 0 Å². The van der Waals surface area contributed by atoms with Gasteiger partial charge in [0.2, 0.25) is 0 Å². The van der Waals surface area contributed by atoms with Gasteiger partial charge in [0.1, 0.15) is 5.78 Å². The molecule has 0 bridgehead atoms. The van der Waals surface area contributed by atoms with Gasteiger partial charge in [-0.25, -0.2) is 0 Å². The van der Waals surface area contributed by atoms with Gasteiger partial charge in [-0.1, -0.05) is 161 Å². The van der Waals surface area contributed by atoms with Gasteiger partial charge in [-0.2, -0.15) is 0 Å². The lowest BCUT2D eigenvalue weighted by Gasteiger charge is -2.04. The van der Waals surface area contributed by atoms with E-state index < -0.39 is 0 Å². The number of carbonyl (C=O) groups excluding carboxylic acids is 1. The van der Waals surface area contributed by atoms with Crippen LogP contribution in [0.25, 0.3) is 0 Å². The second-order valence-electron chi connectivity index (χ2n) is 11.2. The molecule has 0 aliphatic carbocycles. The van der Waals surface area contributed by atoms with Crippen LogP contribution < -0.4 is 0 Å². The van der Waals surface area contributed by atoms with Crippen molar-refractivity contribution in [2.45, 2.75) is 200 Å². The Morgan fingerprint density at radius 2 is 0.629 bits per heavy atom. The predicted molar refractivity (Wildman–Crippen MR) is 159 cm³/mol. The van der Waals surface area contributed by atoms with Crippen LogP contribution in [0.4, 0.5) is 0 Å². The monoisotopic (exact) mass is 491 g/mol. The number of carbonyl (C=O) groups is 1. The summed E-state index contributed by atoms with van der Waals surface area (Å²) in [6, 6.07) is 0. The second-order valence-corrected chi connectivity index (χ2v) is 11.2. The number of unbranched alkanes of at least 4 members (excludes halogenated alkanes) is 24. The molecule has 208 valence electrons. The number of rotatable bonds is 30. The molecule has 0 atom stereocenters. The molecule has 0 heterocycles. The van der Waals surface area contributed by atoms with Crippen LogP contribution in [0.5, 0.6) is 0 Å². The van der Waals surface area contributed by atoms with Crippen LogP contribution in [0.3, 0.4) is 0 Å². The summed E-state index contributed by atoms with van der Waals surface area (Å²) in [6.45, 7) is 4.57. The van der Waals surface area contributed by atoms with Crippen molar-refractivity contribution in [2.75, 3.05) is 0 Å². The molecule has 1 heteroatoms. The molecule has 0 aromatic rings. The number of hydrogen-bond donors (Lipinski definition) is 0. The Hall–Kier alpha value is -0.590. The molecular weight excluding hydrogens is 424 g/mol. The first-order chi connectivity index (χ1) is 17.3. The minimum Gasteiger partial charge on any atom is -0.300 e. The summed E-state index contributed by atoms with van der Waals surface area (Å²) in [6.07, 6.45) is 43.0. The maximum absolute atomic E-state index is 12.1. The largest absolute Gasteiger partial charge is 0.300 e. The standard InChI is InChI=1S/C34H66O/c1-3-5-7-9-11-13-15-17-18-19-21-23-25-27-29-31-33-34(35)32-30-28-26-24-22-20-16-14-12-10-8-6-4-2/h17-18H,3-16,19-33H2,1-2H3. The van der Waals surface area contributed by atoms with Gasteiger partial charge in [0, 0.05) is 12.8 Å². The summed E-state index contributed by atoms with van der Waals surface area (Å²) in [4.78, 5) is 12.1. The van der Waals surface area contributed by atoms with Crippen molar-refractivity contribution in [2.24, 2.45) is 0 Å². The molecule has 1 nitrogen and oxygen atoms in total. The van der Waals surface area contributed by atoms with Crippen LogP contribution in [-0.4, -0.2) is 5.78 Å². The van der Waals surface area contributed by atoms with E-state index >= 15 is 0 Å². The number of hydrogen-bond acceptors (Lipinski definition) is 1. The molecule has 0 radical (unpaired) electrons. The zero-order valence-electron chi connectivity index (χ0n) is 24.6. The van der Waals surface area contributed by atoms with Crippen molar-refractivity contribution in [1.82, 2.24) is 0 Å². The van der Waals surface area contributed by atoms with Gasteiger partial charge in [0.25, 0.3) is 0 Å². The molecule has 0 aliphatic heterocycles. The quantitative estimate of drug-likeness (QED) is 0.0722. The third kappa shape index (κ3) is 31.4. The van der Waals surface area contributed by atoms with Gasteiger partial charge in [-0.15, -0.1) is 0 Å². The first kappa shape index (κ1) is 34.4. The van der Waals surface area contributed by atoms with Crippen LogP contribution in [0, 0.1) is 0 Å². The Bertz CT molecular complexity index is 424. The van der Waals surface area contributed by atoms with Crippen LogP contribution in [0.2, 0.25) is 0 Å². The van der Waals surface area contributed by atoms with E-state index in [2.05, 4.69) is 26.0 Å². The van der Waals surface area contributed by atoms with E-state index in [-0.39, 0.29) is 0 Å². The predicted octanol–water partition coefficient (Wildman–Crippen LogP) is 12.5. The van der Waals surface area contributed by atoms with Crippen LogP contribution in [0.15, 0.2) is 12.2 Å². The molecular formula is C34H66O. The van der Waals surface area contributed by atoms with Crippen LogP contribution in [-0.2, 0) is 4.79 Å². The molecule has 0 aliphatic rings.